The molecule has 6 heteroatoms. The zero-order valence-electron chi connectivity index (χ0n) is 8.80. The first-order valence-electron chi connectivity index (χ1n) is 4.98. The molecule has 0 bridgehead atoms. The molecule has 1 aliphatic heterocycles. The summed E-state index contributed by atoms with van der Waals surface area (Å²) in [4.78, 5) is 17.7. The molecule has 2 heterocycles. The lowest BCUT2D eigenvalue weighted by Crippen LogP contribution is -2.48. The molecule has 0 aromatic carbocycles. The summed E-state index contributed by atoms with van der Waals surface area (Å²) in [6.45, 7) is 5.01. The molecule has 15 heavy (non-hydrogen) atoms. The molecule has 1 aromatic rings. The predicted molar refractivity (Wildman–Crippen MR) is 58.8 cm³/mol. The second-order valence-electron chi connectivity index (χ2n) is 3.65. The summed E-state index contributed by atoms with van der Waals surface area (Å²) in [5.41, 5.74) is 0. The maximum absolute atomic E-state index is 12.0. The first-order chi connectivity index (χ1) is 7.20. The van der Waals surface area contributed by atoms with Gasteiger partial charge in [-0.25, -0.2) is 4.98 Å². The van der Waals surface area contributed by atoms with Crippen LogP contribution in [0.1, 0.15) is 24.5 Å². The van der Waals surface area contributed by atoms with E-state index < -0.39 is 0 Å². The highest BCUT2D eigenvalue weighted by Crippen LogP contribution is 2.24. The molecule has 1 aliphatic rings. The molecule has 0 spiro atoms. The van der Waals surface area contributed by atoms with E-state index in [0.717, 1.165) is 12.3 Å². The Labute approximate surface area is 92.6 Å². The zero-order valence-corrected chi connectivity index (χ0v) is 9.62. The van der Waals surface area contributed by atoms with Gasteiger partial charge in [-0.1, -0.05) is 6.92 Å². The lowest BCUT2D eigenvalue weighted by Gasteiger charge is -2.36. The second kappa shape index (κ2) is 4.22. The number of carbonyl (C=O) groups excluding carboxylic acids is 1. The van der Waals surface area contributed by atoms with E-state index in [1.54, 1.807) is 0 Å². The molecule has 82 valence electrons. The Balaban J connectivity index is 2.13. The van der Waals surface area contributed by atoms with E-state index in [1.165, 1.54) is 6.33 Å². The fourth-order valence-electron chi connectivity index (χ4n) is 1.66. The summed E-state index contributed by atoms with van der Waals surface area (Å²) >= 11 is 1.90. The van der Waals surface area contributed by atoms with Crippen LogP contribution >= 0.6 is 11.8 Å². The van der Waals surface area contributed by atoms with Crippen molar-refractivity contribution in [2.45, 2.75) is 25.1 Å². The highest BCUT2D eigenvalue weighted by Gasteiger charge is 2.30. The SMILES string of the molecule is CC1SCCN(C(=O)c2ncn[nH]2)C1C. The van der Waals surface area contributed by atoms with Crippen LogP contribution in [0.15, 0.2) is 6.33 Å². The van der Waals surface area contributed by atoms with Crippen molar-refractivity contribution in [2.75, 3.05) is 12.3 Å². The molecule has 1 amide bonds. The van der Waals surface area contributed by atoms with Crippen LogP contribution < -0.4 is 0 Å². The first kappa shape index (κ1) is 10.5. The van der Waals surface area contributed by atoms with Crippen LogP contribution in [0.5, 0.6) is 0 Å². The molecule has 1 saturated heterocycles. The Hall–Kier alpha value is -1.04. The number of amides is 1. The fraction of sp³-hybridized carbons (Fsp3) is 0.667. The molecule has 2 unspecified atom stereocenters. The van der Waals surface area contributed by atoms with Gasteiger partial charge in [-0.2, -0.15) is 16.9 Å². The molecule has 1 fully saturated rings. The summed E-state index contributed by atoms with van der Waals surface area (Å²) in [6.07, 6.45) is 1.36. The van der Waals surface area contributed by atoms with Crippen LogP contribution in [-0.2, 0) is 0 Å². The van der Waals surface area contributed by atoms with Gasteiger partial charge in [-0.15, -0.1) is 0 Å². The second-order valence-corrected chi connectivity index (χ2v) is 5.13. The third kappa shape index (κ3) is 1.99. The Morgan fingerprint density at radius 3 is 3.13 bits per heavy atom. The molecule has 1 aromatic heterocycles. The van der Waals surface area contributed by atoms with Crippen molar-refractivity contribution < 1.29 is 4.79 Å². The van der Waals surface area contributed by atoms with Crippen molar-refractivity contribution in [3.05, 3.63) is 12.2 Å². The fourth-order valence-corrected chi connectivity index (χ4v) is 2.76. The maximum Gasteiger partial charge on any atom is 0.291 e. The smallest absolute Gasteiger partial charge is 0.291 e. The molecule has 0 aliphatic carbocycles. The van der Waals surface area contributed by atoms with E-state index in [1.807, 2.05) is 16.7 Å². The topological polar surface area (TPSA) is 61.9 Å². The van der Waals surface area contributed by atoms with Gasteiger partial charge in [0.2, 0.25) is 5.82 Å². The normalized spacial score (nSPS) is 26.7. The number of hydrogen-bond donors (Lipinski definition) is 1. The average molecular weight is 226 g/mol. The van der Waals surface area contributed by atoms with Crippen molar-refractivity contribution in [1.29, 1.82) is 0 Å². The summed E-state index contributed by atoms with van der Waals surface area (Å²) in [5.74, 6) is 1.28. The van der Waals surface area contributed by atoms with E-state index in [-0.39, 0.29) is 11.9 Å². The quantitative estimate of drug-likeness (QED) is 0.768. The van der Waals surface area contributed by atoms with Gasteiger partial charge in [0.05, 0.1) is 0 Å². The molecule has 1 N–H and O–H groups in total. The van der Waals surface area contributed by atoms with E-state index in [0.29, 0.717) is 11.1 Å². The molecular formula is C9H14N4OS. The van der Waals surface area contributed by atoms with Gasteiger partial charge in [0.25, 0.3) is 5.91 Å². The molecular weight excluding hydrogens is 212 g/mol. The van der Waals surface area contributed by atoms with E-state index in [9.17, 15) is 4.79 Å². The van der Waals surface area contributed by atoms with Crippen molar-refractivity contribution >= 4 is 17.7 Å². The van der Waals surface area contributed by atoms with Gasteiger partial charge in [-0.3, -0.25) is 9.89 Å². The number of thioether (sulfide) groups is 1. The van der Waals surface area contributed by atoms with E-state index >= 15 is 0 Å². The zero-order chi connectivity index (χ0) is 10.8. The van der Waals surface area contributed by atoms with Crippen LogP contribution in [0.4, 0.5) is 0 Å². The Bertz CT molecular complexity index is 340. The van der Waals surface area contributed by atoms with Crippen molar-refractivity contribution in [1.82, 2.24) is 20.1 Å². The van der Waals surface area contributed by atoms with Crippen LogP contribution in [0, 0.1) is 0 Å². The van der Waals surface area contributed by atoms with Gasteiger partial charge >= 0.3 is 0 Å². The summed E-state index contributed by atoms with van der Waals surface area (Å²) in [7, 11) is 0. The number of hydrogen-bond acceptors (Lipinski definition) is 4. The van der Waals surface area contributed by atoms with Gasteiger partial charge in [0.15, 0.2) is 0 Å². The van der Waals surface area contributed by atoms with Gasteiger partial charge in [0, 0.05) is 23.6 Å². The number of aromatic nitrogens is 3. The van der Waals surface area contributed by atoms with Gasteiger partial charge < -0.3 is 4.90 Å². The Morgan fingerprint density at radius 1 is 1.67 bits per heavy atom. The highest BCUT2D eigenvalue weighted by atomic mass is 32.2. The van der Waals surface area contributed by atoms with Gasteiger partial charge in [0.1, 0.15) is 6.33 Å². The summed E-state index contributed by atoms with van der Waals surface area (Å²) in [6, 6.07) is 0.251. The Morgan fingerprint density at radius 2 is 2.47 bits per heavy atom. The minimum absolute atomic E-state index is 0.0489. The number of rotatable bonds is 1. The van der Waals surface area contributed by atoms with Crippen molar-refractivity contribution in [2.24, 2.45) is 0 Å². The minimum Gasteiger partial charge on any atom is -0.331 e. The standard InChI is InChI=1S/C9H14N4OS/c1-6-7(2)15-4-3-13(6)9(14)8-10-5-11-12-8/h5-7H,3-4H2,1-2H3,(H,10,11,12). The molecule has 0 saturated carbocycles. The first-order valence-corrected chi connectivity index (χ1v) is 6.03. The number of H-pyrrole nitrogens is 1. The third-order valence-corrected chi connectivity index (χ3v) is 4.10. The average Bonchev–Trinajstić information content (AvgIpc) is 2.74. The van der Waals surface area contributed by atoms with Crippen molar-refractivity contribution in [3.8, 4) is 0 Å². The van der Waals surface area contributed by atoms with Gasteiger partial charge in [-0.05, 0) is 6.92 Å². The lowest BCUT2D eigenvalue weighted by molar-refractivity contribution is 0.0686. The Kier molecular flexibility index (Phi) is 2.95. The molecule has 2 atom stereocenters. The number of carbonyl (C=O) groups is 1. The summed E-state index contributed by atoms with van der Waals surface area (Å²) < 4.78 is 0. The highest BCUT2D eigenvalue weighted by molar-refractivity contribution is 8.00. The number of nitrogens with one attached hydrogen (secondary N) is 1. The van der Waals surface area contributed by atoms with Crippen molar-refractivity contribution in [3.63, 3.8) is 0 Å². The van der Waals surface area contributed by atoms with E-state index in [4.69, 9.17) is 0 Å². The third-order valence-electron chi connectivity index (χ3n) is 2.76. The van der Waals surface area contributed by atoms with Crippen LogP contribution in [0.3, 0.4) is 0 Å². The largest absolute Gasteiger partial charge is 0.331 e. The number of nitrogens with zero attached hydrogens (tertiary/aromatic N) is 3. The lowest BCUT2D eigenvalue weighted by atomic mass is 10.2. The molecule has 0 radical (unpaired) electrons. The molecule has 2 rings (SSSR count). The monoisotopic (exact) mass is 226 g/mol. The minimum atomic E-state index is -0.0489. The van der Waals surface area contributed by atoms with Crippen LogP contribution in [0.2, 0.25) is 0 Å². The maximum atomic E-state index is 12.0. The molecule has 5 nitrogen and oxygen atoms in total. The van der Waals surface area contributed by atoms with Crippen LogP contribution in [-0.4, -0.2) is 49.6 Å². The predicted octanol–water partition coefficient (Wildman–Crippen LogP) is 0.771. The van der Waals surface area contributed by atoms with Crippen LogP contribution in [0.25, 0.3) is 0 Å². The summed E-state index contributed by atoms with van der Waals surface area (Å²) in [5, 5.41) is 6.78. The number of aromatic amines is 1. The van der Waals surface area contributed by atoms with E-state index in [2.05, 4.69) is 29.0 Å².